The summed E-state index contributed by atoms with van der Waals surface area (Å²) < 4.78 is 8.43. The zero-order valence-electron chi connectivity index (χ0n) is 17.7. The van der Waals surface area contributed by atoms with E-state index < -0.39 is 5.97 Å². The molecule has 1 aromatic heterocycles. The van der Waals surface area contributed by atoms with Crippen LogP contribution in [0.4, 0.5) is 0 Å². The number of hydrogen-bond donors (Lipinski definition) is 1. The average molecular weight is 421 g/mol. The normalized spacial score (nSPS) is 15.5. The Morgan fingerprint density at radius 1 is 1.06 bits per heavy atom. The first-order valence-electron chi connectivity index (χ1n) is 10.8. The third-order valence-corrected chi connectivity index (χ3v) is 5.85. The van der Waals surface area contributed by atoms with Crippen LogP contribution in [0.25, 0.3) is 11.0 Å². The SMILES string of the molecule is CCn1c(=O)n(CCC(=O)OCC(=O)NC2CCCc3ccccc32)c2ccccc21. The largest absolute Gasteiger partial charge is 0.456 e. The zero-order chi connectivity index (χ0) is 21.8. The molecule has 0 saturated heterocycles. The van der Waals surface area contributed by atoms with Crippen molar-refractivity contribution in [1.29, 1.82) is 0 Å². The predicted molar refractivity (Wildman–Crippen MR) is 118 cm³/mol. The molecule has 0 spiro atoms. The van der Waals surface area contributed by atoms with Gasteiger partial charge in [-0.1, -0.05) is 36.4 Å². The van der Waals surface area contributed by atoms with Crippen LogP contribution in [-0.4, -0.2) is 27.6 Å². The second-order valence-corrected chi connectivity index (χ2v) is 7.79. The lowest BCUT2D eigenvalue weighted by Crippen LogP contribution is -2.34. The molecule has 1 N–H and O–H groups in total. The molecule has 0 bridgehead atoms. The summed E-state index contributed by atoms with van der Waals surface area (Å²) in [7, 11) is 0. The number of fused-ring (bicyclic) bond motifs is 2. The van der Waals surface area contributed by atoms with Gasteiger partial charge in [0, 0.05) is 13.1 Å². The van der Waals surface area contributed by atoms with Crippen molar-refractivity contribution in [3.63, 3.8) is 0 Å². The number of para-hydroxylation sites is 2. The lowest BCUT2D eigenvalue weighted by Gasteiger charge is -2.26. The van der Waals surface area contributed by atoms with Crippen LogP contribution < -0.4 is 11.0 Å². The van der Waals surface area contributed by atoms with Crippen molar-refractivity contribution < 1.29 is 14.3 Å². The van der Waals surface area contributed by atoms with Gasteiger partial charge in [0.25, 0.3) is 5.91 Å². The maximum Gasteiger partial charge on any atom is 0.329 e. The Morgan fingerprint density at radius 2 is 1.77 bits per heavy atom. The fraction of sp³-hybridized carbons (Fsp3) is 0.375. The molecule has 7 nitrogen and oxygen atoms in total. The van der Waals surface area contributed by atoms with Gasteiger partial charge in [0.2, 0.25) is 0 Å². The number of amides is 1. The third-order valence-electron chi connectivity index (χ3n) is 5.85. The van der Waals surface area contributed by atoms with E-state index in [-0.39, 0.29) is 37.2 Å². The number of carbonyl (C=O) groups is 2. The summed E-state index contributed by atoms with van der Waals surface area (Å²) in [4.78, 5) is 37.2. The number of nitrogens with zero attached hydrogens (tertiary/aromatic N) is 2. The predicted octanol–water partition coefficient (Wildman–Crippen LogP) is 2.95. The van der Waals surface area contributed by atoms with E-state index in [9.17, 15) is 14.4 Å². The van der Waals surface area contributed by atoms with Gasteiger partial charge in [-0.25, -0.2) is 4.79 Å². The number of aromatic nitrogens is 2. The van der Waals surface area contributed by atoms with Gasteiger partial charge in [-0.3, -0.25) is 18.7 Å². The minimum atomic E-state index is -0.501. The van der Waals surface area contributed by atoms with Crippen molar-refractivity contribution in [2.45, 2.75) is 51.7 Å². The zero-order valence-corrected chi connectivity index (χ0v) is 17.7. The number of rotatable bonds is 7. The number of carbonyl (C=O) groups excluding carboxylic acids is 2. The second-order valence-electron chi connectivity index (χ2n) is 7.79. The molecular weight excluding hydrogens is 394 g/mol. The smallest absolute Gasteiger partial charge is 0.329 e. The first-order valence-corrected chi connectivity index (χ1v) is 10.8. The summed E-state index contributed by atoms with van der Waals surface area (Å²) in [5.41, 5.74) is 3.88. The first-order chi connectivity index (χ1) is 15.1. The third kappa shape index (κ3) is 4.40. The Morgan fingerprint density at radius 3 is 2.55 bits per heavy atom. The Labute approximate surface area is 180 Å². The summed E-state index contributed by atoms with van der Waals surface area (Å²) in [6.07, 6.45) is 2.94. The summed E-state index contributed by atoms with van der Waals surface area (Å²) in [5.74, 6) is -0.811. The van der Waals surface area contributed by atoms with Crippen LogP contribution in [0, 0.1) is 0 Å². The van der Waals surface area contributed by atoms with Crippen LogP contribution in [0.2, 0.25) is 0 Å². The Kier molecular flexibility index (Phi) is 6.21. The van der Waals surface area contributed by atoms with Crippen molar-refractivity contribution in [2.75, 3.05) is 6.61 Å². The number of ether oxygens (including phenoxy) is 1. The molecule has 1 heterocycles. The van der Waals surface area contributed by atoms with Crippen LogP contribution >= 0.6 is 0 Å². The molecule has 0 fully saturated rings. The van der Waals surface area contributed by atoms with Crippen molar-refractivity contribution in [3.8, 4) is 0 Å². The summed E-state index contributed by atoms with van der Waals surface area (Å²) in [6, 6.07) is 15.6. The number of esters is 1. The molecule has 1 unspecified atom stereocenters. The molecule has 1 atom stereocenters. The summed E-state index contributed by atoms with van der Waals surface area (Å²) in [6.45, 7) is 2.36. The lowest BCUT2D eigenvalue weighted by molar-refractivity contribution is -0.149. The Hall–Kier alpha value is -3.35. The molecule has 1 amide bonds. The number of benzene rings is 2. The van der Waals surface area contributed by atoms with Crippen LogP contribution in [0.3, 0.4) is 0 Å². The van der Waals surface area contributed by atoms with Gasteiger partial charge < -0.3 is 10.1 Å². The Bertz CT molecular complexity index is 1160. The fourth-order valence-corrected chi connectivity index (χ4v) is 4.36. The van der Waals surface area contributed by atoms with Gasteiger partial charge in [-0.15, -0.1) is 0 Å². The first kappa shape index (κ1) is 20.9. The maximum absolute atomic E-state index is 12.6. The van der Waals surface area contributed by atoms with Crippen LogP contribution in [-0.2, 0) is 33.8 Å². The molecule has 0 saturated carbocycles. The maximum atomic E-state index is 12.6. The van der Waals surface area contributed by atoms with E-state index >= 15 is 0 Å². The van der Waals surface area contributed by atoms with Gasteiger partial charge >= 0.3 is 11.7 Å². The molecule has 1 aliphatic rings. The molecule has 162 valence electrons. The van der Waals surface area contributed by atoms with Gasteiger partial charge in [-0.2, -0.15) is 0 Å². The highest BCUT2D eigenvalue weighted by Crippen LogP contribution is 2.29. The second kappa shape index (κ2) is 9.20. The van der Waals surface area contributed by atoms with E-state index in [2.05, 4.69) is 11.4 Å². The highest BCUT2D eigenvalue weighted by atomic mass is 16.5. The van der Waals surface area contributed by atoms with Gasteiger partial charge in [0.05, 0.1) is 23.5 Å². The van der Waals surface area contributed by atoms with E-state index in [1.54, 1.807) is 9.13 Å². The molecule has 4 rings (SSSR count). The minimum Gasteiger partial charge on any atom is -0.456 e. The summed E-state index contributed by atoms with van der Waals surface area (Å²) >= 11 is 0. The van der Waals surface area contributed by atoms with Crippen molar-refractivity contribution in [3.05, 3.63) is 70.1 Å². The van der Waals surface area contributed by atoms with E-state index in [0.717, 1.165) is 35.9 Å². The molecule has 31 heavy (non-hydrogen) atoms. The quantitative estimate of drug-likeness (QED) is 0.595. The van der Waals surface area contributed by atoms with Gasteiger partial charge in [-0.05, 0) is 49.4 Å². The van der Waals surface area contributed by atoms with E-state index in [4.69, 9.17) is 4.74 Å². The monoisotopic (exact) mass is 421 g/mol. The number of hydrogen-bond acceptors (Lipinski definition) is 4. The average Bonchev–Trinajstić information content (AvgIpc) is 3.07. The molecule has 1 aliphatic carbocycles. The van der Waals surface area contributed by atoms with E-state index in [1.807, 2.05) is 49.4 Å². The molecule has 0 radical (unpaired) electrons. The van der Waals surface area contributed by atoms with E-state index in [1.165, 1.54) is 5.56 Å². The van der Waals surface area contributed by atoms with E-state index in [0.29, 0.717) is 6.54 Å². The summed E-state index contributed by atoms with van der Waals surface area (Å²) in [5, 5.41) is 2.97. The van der Waals surface area contributed by atoms with Crippen LogP contribution in [0.15, 0.2) is 53.3 Å². The highest BCUT2D eigenvalue weighted by molar-refractivity contribution is 5.81. The molecule has 0 aliphatic heterocycles. The van der Waals surface area contributed by atoms with Gasteiger partial charge in [0.15, 0.2) is 6.61 Å². The lowest BCUT2D eigenvalue weighted by atomic mass is 9.88. The molecule has 2 aromatic carbocycles. The highest BCUT2D eigenvalue weighted by Gasteiger charge is 2.22. The standard InChI is InChI=1S/C24H27N3O4/c1-2-26-20-12-5-6-13-21(20)27(24(26)30)15-14-23(29)31-16-22(28)25-19-11-7-9-17-8-3-4-10-18(17)19/h3-6,8,10,12-13,19H,2,7,9,11,14-16H2,1H3,(H,25,28). The van der Waals surface area contributed by atoms with Gasteiger partial charge in [0.1, 0.15) is 0 Å². The Balaban J connectivity index is 1.32. The van der Waals surface area contributed by atoms with Crippen LogP contribution in [0.1, 0.15) is 43.4 Å². The topological polar surface area (TPSA) is 82.3 Å². The number of nitrogens with one attached hydrogen (secondary N) is 1. The minimum absolute atomic E-state index is 0.0250. The van der Waals surface area contributed by atoms with Crippen molar-refractivity contribution in [2.24, 2.45) is 0 Å². The van der Waals surface area contributed by atoms with Crippen LogP contribution in [0.5, 0.6) is 0 Å². The van der Waals surface area contributed by atoms with Crippen molar-refractivity contribution in [1.82, 2.24) is 14.5 Å². The molecule has 7 heteroatoms. The molecular formula is C24H27N3O4. The fourth-order valence-electron chi connectivity index (χ4n) is 4.36. The number of aryl methyl sites for hydroxylation is 3. The van der Waals surface area contributed by atoms with Crippen molar-refractivity contribution >= 4 is 22.9 Å². The molecule has 3 aromatic rings. The number of imidazole rings is 1.